The van der Waals surface area contributed by atoms with Gasteiger partial charge in [0.2, 0.25) is 5.95 Å². The van der Waals surface area contributed by atoms with Crippen molar-refractivity contribution in [3.8, 4) is 11.3 Å². The van der Waals surface area contributed by atoms with Gasteiger partial charge in [0, 0.05) is 21.5 Å². The Balaban J connectivity index is 1.95. The summed E-state index contributed by atoms with van der Waals surface area (Å²) in [6.45, 7) is 1.77. The molecule has 1 aromatic heterocycles. The highest BCUT2D eigenvalue weighted by Crippen LogP contribution is 2.27. The van der Waals surface area contributed by atoms with E-state index < -0.39 is 11.6 Å². The lowest BCUT2D eigenvalue weighted by molar-refractivity contribution is 0.607. The average Bonchev–Trinajstić information content (AvgIpc) is 2.57. The summed E-state index contributed by atoms with van der Waals surface area (Å²) in [5, 5.41) is 3.06. The van der Waals surface area contributed by atoms with Crippen molar-refractivity contribution in [3.05, 3.63) is 69.8 Å². The van der Waals surface area contributed by atoms with Crippen LogP contribution in [0.4, 0.5) is 20.4 Å². The molecule has 1 N–H and O–H groups in total. The van der Waals surface area contributed by atoms with Crippen molar-refractivity contribution < 1.29 is 8.78 Å². The highest BCUT2D eigenvalue weighted by Gasteiger charge is 2.14. The molecule has 0 saturated heterocycles. The van der Waals surface area contributed by atoms with E-state index in [0.29, 0.717) is 0 Å². The Labute approximate surface area is 163 Å². The summed E-state index contributed by atoms with van der Waals surface area (Å²) in [7, 11) is 0. The smallest absolute Gasteiger partial charge is 0.227 e. The number of benzene rings is 2. The first kappa shape index (κ1) is 18.8. The molecular formula is C19H16BrF2N3S. The largest absolute Gasteiger partial charge is 0.324 e. The minimum absolute atomic E-state index is 0.0701. The fraction of sp³-hybridized carbons (Fsp3) is 0.158. The lowest BCUT2D eigenvalue weighted by Gasteiger charge is -2.10. The molecule has 0 atom stereocenters. The average molecular weight is 436 g/mol. The van der Waals surface area contributed by atoms with E-state index in [-0.39, 0.29) is 17.2 Å². The van der Waals surface area contributed by atoms with Crippen LogP contribution in [0.15, 0.2) is 47.1 Å². The van der Waals surface area contributed by atoms with Crippen molar-refractivity contribution in [2.45, 2.75) is 12.7 Å². The van der Waals surface area contributed by atoms with E-state index in [1.807, 2.05) is 24.5 Å². The maximum Gasteiger partial charge on any atom is 0.227 e. The SMILES string of the molecule is CSCc1cc(Br)cc(Nc2ncc(F)c(-c3ccc(C)cc3F)n2)c1. The second kappa shape index (κ2) is 8.14. The minimum atomic E-state index is -0.671. The number of aryl methyl sites for hydroxylation is 1. The van der Waals surface area contributed by atoms with E-state index in [4.69, 9.17) is 0 Å². The zero-order valence-electron chi connectivity index (χ0n) is 14.2. The summed E-state index contributed by atoms with van der Waals surface area (Å²) in [5.41, 5.74) is 2.69. The van der Waals surface area contributed by atoms with Crippen molar-refractivity contribution in [2.75, 3.05) is 11.6 Å². The number of hydrogen-bond acceptors (Lipinski definition) is 4. The molecule has 7 heteroatoms. The van der Waals surface area contributed by atoms with Crippen molar-refractivity contribution in [1.29, 1.82) is 0 Å². The van der Waals surface area contributed by atoms with Crippen LogP contribution in [-0.4, -0.2) is 16.2 Å². The molecule has 0 spiro atoms. The number of aromatic nitrogens is 2. The van der Waals surface area contributed by atoms with Crippen molar-refractivity contribution in [1.82, 2.24) is 9.97 Å². The Kier molecular flexibility index (Phi) is 5.88. The molecule has 0 saturated carbocycles. The molecule has 0 aliphatic rings. The highest BCUT2D eigenvalue weighted by molar-refractivity contribution is 9.10. The van der Waals surface area contributed by atoms with Gasteiger partial charge in [0.05, 0.1) is 6.20 Å². The molecule has 0 bridgehead atoms. The third kappa shape index (κ3) is 4.40. The van der Waals surface area contributed by atoms with Crippen LogP contribution in [0, 0.1) is 18.6 Å². The Hall–Kier alpha value is -1.99. The van der Waals surface area contributed by atoms with E-state index in [1.54, 1.807) is 24.8 Å². The molecule has 0 radical (unpaired) electrons. The molecular weight excluding hydrogens is 420 g/mol. The number of nitrogens with zero attached hydrogens (tertiary/aromatic N) is 2. The quantitative estimate of drug-likeness (QED) is 0.525. The first-order valence-electron chi connectivity index (χ1n) is 7.81. The van der Waals surface area contributed by atoms with Gasteiger partial charge in [-0.2, -0.15) is 11.8 Å². The molecule has 26 heavy (non-hydrogen) atoms. The zero-order chi connectivity index (χ0) is 18.7. The Morgan fingerprint density at radius 2 is 1.92 bits per heavy atom. The molecule has 2 aromatic carbocycles. The maximum atomic E-state index is 14.2. The monoisotopic (exact) mass is 435 g/mol. The Morgan fingerprint density at radius 3 is 2.65 bits per heavy atom. The van der Waals surface area contributed by atoms with Crippen LogP contribution in [0.1, 0.15) is 11.1 Å². The molecule has 3 nitrogen and oxygen atoms in total. The van der Waals surface area contributed by atoms with Gasteiger partial charge in [-0.15, -0.1) is 0 Å². The van der Waals surface area contributed by atoms with Gasteiger partial charge >= 0.3 is 0 Å². The van der Waals surface area contributed by atoms with Crippen LogP contribution < -0.4 is 5.32 Å². The lowest BCUT2D eigenvalue weighted by Crippen LogP contribution is -2.02. The number of rotatable bonds is 5. The van der Waals surface area contributed by atoms with Gasteiger partial charge in [-0.3, -0.25) is 0 Å². The molecule has 0 fully saturated rings. The van der Waals surface area contributed by atoms with Crippen LogP contribution in [-0.2, 0) is 5.75 Å². The van der Waals surface area contributed by atoms with E-state index >= 15 is 0 Å². The number of hydrogen-bond donors (Lipinski definition) is 1. The van der Waals surface area contributed by atoms with Gasteiger partial charge in [-0.05, 0) is 54.6 Å². The third-order valence-corrected chi connectivity index (χ3v) is 4.73. The number of halogens is 3. The van der Waals surface area contributed by atoms with Crippen molar-refractivity contribution in [2.24, 2.45) is 0 Å². The summed E-state index contributed by atoms with van der Waals surface area (Å²) in [4.78, 5) is 8.15. The van der Waals surface area contributed by atoms with E-state index in [0.717, 1.165) is 33.2 Å². The summed E-state index contributed by atoms with van der Waals surface area (Å²) < 4.78 is 29.3. The summed E-state index contributed by atoms with van der Waals surface area (Å²) in [5.74, 6) is -0.124. The van der Waals surface area contributed by atoms with E-state index in [1.165, 1.54) is 12.1 Å². The predicted octanol–water partition coefficient (Wildman–Crippen LogP) is 6.10. The second-order valence-electron chi connectivity index (χ2n) is 5.78. The van der Waals surface area contributed by atoms with E-state index in [2.05, 4.69) is 31.2 Å². The molecule has 0 aliphatic carbocycles. The molecule has 3 aromatic rings. The van der Waals surface area contributed by atoms with Crippen LogP contribution >= 0.6 is 27.7 Å². The third-order valence-electron chi connectivity index (χ3n) is 3.65. The van der Waals surface area contributed by atoms with Gasteiger partial charge in [0.15, 0.2) is 5.82 Å². The number of anilines is 2. The normalized spacial score (nSPS) is 10.8. The minimum Gasteiger partial charge on any atom is -0.324 e. The maximum absolute atomic E-state index is 14.2. The van der Waals surface area contributed by atoms with Crippen molar-refractivity contribution >= 4 is 39.3 Å². The molecule has 134 valence electrons. The second-order valence-corrected chi connectivity index (χ2v) is 7.56. The fourth-order valence-corrected chi connectivity index (χ4v) is 3.57. The number of nitrogens with one attached hydrogen (secondary N) is 1. The van der Waals surface area contributed by atoms with Gasteiger partial charge in [0.25, 0.3) is 0 Å². The van der Waals surface area contributed by atoms with Crippen LogP contribution in [0.3, 0.4) is 0 Å². The van der Waals surface area contributed by atoms with Gasteiger partial charge in [-0.25, -0.2) is 18.7 Å². The van der Waals surface area contributed by atoms with Crippen LogP contribution in [0.5, 0.6) is 0 Å². The van der Waals surface area contributed by atoms with Crippen molar-refractivity contribution in [3.63, 3.8) is 0 Å². The molecule has 3 rings (SSSR count). The van der Waals surface area contributed by atoms with Crippen LogP contribution in [0.25, 0.3) is 11.3 Å². The number of thioether (sulfide) groups is 1. The summed E-state index contributed by atoms with van der Waals surface area (Å²) in [6.07, 6.45) is 3.07. The predicted molar refractivity (Wildman–Crippen MR) is 107 cm³/mol. The van der Waals surface area contributed by atoms with Gasteiger partial charge < -0.3 is 5.32 Å². The Morgan fingerprint density at radius 1 is 1.12 bits per heavy atom. The first-order chi connectivity index (χ1) is 12.5. The topological polar surface area (TPSA) is 37.8 Å². The standard InChI is InChI=1S/C19H16BrF2N3S/c1-11-3-4-15(16(21)5-11)18-17(22)9-23-19(25-18)24-14-7-12(10-26-2)6-13(20)8-14/h3-9H,10H2,1-2H3,(H,23,24,25). The zero-order valence-corrected chi connectivity index (χ0v) is 16.6. The lowest BCUT2D eigenvalue weighted by atomic mass is 10.1. The Bertz CT molecular complexity index is 950. The summed E-state index contributed by atoms with van der Waals surface area (Å²) in [6, 6.07) is 10.5. The summed E-state index contributed by atoms with van der Waals surface area (Å²) >= 11 is 5.19. The van der Waals surface area contributed by atoms with E-state index in [9.17, 15) is 8.78 Å². The molecule has 0 unspecified atom stereocenters. The molecule has 0 aliphatic heterocycles. The highest BCUT2D eigenvalue weighted by atomic mass is 79.9. The van der Waals surface area contributed by atoms with Gasteiger partial charge in [-0.1, -0.05) is 22.0 Å². The van der Waals surface area contributed by atoms with Crippen LogP contribution in [0.2, 0.25) is 0 Å². The first-order valence-corrected chi connectivity index (χ1v) is 9.99. The fourth-order valence-electron chi connectivity index (χ4n) is 2.53. The van der Waals surface area contributed by atoms with Gasteiger partial charge in [0.1, 0.15) is 11.5 Å². The molecule has 1 heterocycles. The molecule has 0 amide bonds.